The number of fused-ring (bicyclic) bond motifs is 1. The van der Waals surface area contributed by atoms with E-state index in [1.54, 1.807) is 0 Å². The lowest BCUT2D eigenvalue weighted by molar-refractivity contribution is -0.137. The van der Waals surface area contributed by atoms with Gasteiger partial charge in [0.2, 0.25) is 0 Å². The normalized spacial score (nSPS) is 16.3. The van der Waals surface area contributed by atoms with Crippen LogP contribution >= 0.6 is 11.6 Å². The second-order valence-electron chi connectivity index (χ2n) is 6.20. The second-order valence-corrected chi connectivity index (χ2v) is 6.61. The zero-order valence-electron chi connectivity index (χ0n) is 14.0. The van der Waals surface area contributed by atoms with Crippen molar-refractivity contribution in [1.82, 2.24) is 0 Å². The van der Waals surface area contributed by atoms with Crippen LogP contribution in [0.15, 0.2) is 77.8 Å². The van der Waals surface area contributed by atoms with E-state index in [2.05, 4.69) is 10.3 Å². The number of nitrogens with one attached hydrogen (secondary N) is 1. The number of rotatable bonds is 2. The lowest BCUT2D eigenvalue weighted by atomic mass is 9.94. The number of aliphatic imine (C=N–C) groups is 1. The third-order valence-corrected chi connectivity index (χ3v) is 4.72. The average molecular weight is 387 g/mol. The minimum absolute atomic E-state index is 0.306. The standard InChI is InChI=1S/C21H14ClF3N2/c22-16-12-18-17(11-15(16)21(23,24)25)26-19(13-7-3-1-4-8-13)20(27-18)14-9-5-2-6-10-14/h1-12,19,26H. The summed E-state index contributed by atoms with van der Waals surface area (Å²) in [4.78, 5) is 4.66. The van der Waals surface area contributed by atoms with E-state index in [0.717, 1.165) is 22.9 Å². The van der Waals surface area contributed by atoms with Gasteiger partial charge in [-0.2, -0.15) is 13.2 Å². The number of halogens is 4. The first-order valence-corrected chi connectivity index (χ1v) is 8.67. The van der Waals surface area contributed by atoms with E-state index in [0.29, 0.717) is 11.4 Å². The second kappa shape index (κ2) is 6.74. The summed E-state index contributed by atoms with van der Waals surface area (Å²) < 4.78 is 39.7. The lowest BCUT2D eigenvalue weighted by Crippen LogP contribution is -2.25. The van der Waals surface area contributed by atoms with E-state index < -0.39 is 11.7 Å². The molecule has 0 aliphatic carbocycles. The molecule has 0 spiro atoms. The van der Waals surface area contributed by atoms with Gasteiger partial charge in [-0.3, -0.25) is 0 Å². The molecule has 27 heavy (non-hydrogen) atoms. The Morgan fingerprint density at radius 2 is 1.52 bits per heavy atom. The highest BCUT2D eigenvalue weighted by Gasteiger charge is 2.35. The first-order chi connectivity index (χ1) is 12.9. The van der Waals surface area contributed by atoms with Crippen LogP contribution in [0.1, 0.15) is 22.7 Å². The average Bonchev–Trinajstić information content (AvgIpc) is 2.67. The Morgan fingerprint density at radius 1 is 0.889 bits per heavy atom. The van der Waals surface area contributed by atoms with Crippen molar-refractivity contribution >= 4 is 28.7 Å². The molecule has 0 bridgehead atoms. The molecule has 3 aromatic rings. The van der Waals surface area contributed by atoms with E-state index in [1.807, 2.05) is 60.7 Å². The number of nitrogens with zero attached hydrogens (tertiary/aromatic N) is 1. The fourth-order valence-corrected chi connectivity index (χ4v) is 3.40. The molecule has 1 heterocycles. The van der Waals surface area contributed by atoms with Crippen LogP contribution < -0.4 is 5.32 Å². The Balaban J connectivity index is 1.89. The van der Waals surface area contributed by atoms with Crippen molar-refractivity contribution in [2.24, 2.45) is 4.99 Å². The van der Waals surface area contributed by atoms with Gasteiger partial charge in [0.1, 0.15) is 0 Å². The molecule has 4 rings (SSSR count). The number of hydrogen-bond acceptors (Lipinski definition) is 2. The molecule has 2 nitrogen and oxygen atoms in total. The van der Waals surface area contributed by atoms with Crippen LogP contribution in [0, 0.1) is 0 Å². The highest BCUT2D eigenvalue weighted by atomic mass is 35.5. The van der Waals surface area contributed by atoms with Crippen LogP contribution in [0.5, 0.6) is 0 Å². The number of anilines is 1. The summed E-state index contributed by atoms with van der Waals surface area (Å²) in [6.07, 6.45) is -4.53. The third-order valence-electron chi connectivity index (χ3n) is 4.41. The zero-order chi connectivity index (χ0) is 19.0. The molecule has 0 fully saturated rings. The lowest BCUT2D eigenvalue weighted by Gasteiger charge is -2.28. The Morgan fingerprint density at radius 3 is 2.15 bits per heavy atom. The van der Waals surface area contributed by atoms with Crippen molar-refractivity contribution in [3.63, 3.8) is 0 Å². The van der Waals surface area contributed by atoms with Gasteiger partial charge in [-0.1, -0.05) is 72.3 Å². The Labute approximate surface area is 159 Å². The molecule has 1 N–H and O–H groups in total. The summed E-state index contributed by atoms with van der Waals surface area (Å²) in [5.74, 6) is 0. The minimum Gasteiger partial charge on any atom is -0.371 e. The first-order valence-electron chi connectivity index (χ1n) is 8.30. The summed E-state index contributed by atoms with van der Waals surface area (Å²) in [7, 11) is 0. The van der Waals surface area contributed by atoms with Crippen molar-refractivity contribution in [2.45, 2.75) is 12.2 Å². The number of alkyl halides is 3. The van der Waals surface area contributed by atoms with E-state index in [4.69, 9.17) is 11.6 Å². The maximum absolute atomic E-state index is 13.2. The van der Waals surface area contributed by atoms with E-state index in [1.165, 1.54) is 6.07 Å². The Bertz CT molecular complexity index is 999. The summed E-state index contributed by atoms with van der Waals surface area (Å²) in [5, 5.41) is 2.85. The van der Waals surface area contributed by atoms with Crippen molar-refractivity contribution in [2.75, 3.05) is 5.32 Å². The van der Waals surface area contributed by atoms with E-state index >= 15 is 0 Å². The largest absolute Gasteiger partial charge is 0.417 e. The first kappa shape index (κ1) is 17.6. The van der Waals surface area contributed by atoms with Gasteiger partial charge >= 0.3 is 6.18 Å². The summed E-state index contributed by atoms with van der Waals surface area (Å²) in [6.45, 7) is 0. The maximum atomic E-state index is 13.2. The minimum atomic E-state index is -4.53. The molecule has 0 amide bonds. The molecule has 136 valence electrons. The third kappa shape index (κ3) is 3.43. The van der Waals surface area contributed by atoms with Crippen molar-refractivity contribution in [1.29, 1.82) is 0 Å². The van der Waals surface area contributed by atoms with Crippen molar-refractivity contribution in [3.05, 3.63) is 94.5 Å². The molecule has 1 unspecified atom stereocenters. The topological polar surface area (TPSA) is 24.4 Å². The molecule has 1 aliphatic rings. The molecule has 1 aliphatic heterocycles. The molecule has 0 saturated heterocycles. The number of hydrogen-bond donors (Lipinski definition) is 1. The van der Waals surface area contributed by atoms with Crippen molar-refractivity contribution in [3.8, 4) is 0 Å². The predicted molar refractivity (Wildman–Crippen MR) is 102 cm³/mol. The summed E-state index contributed by atoms with van der Waals surface area (Å²) in [6, 6.07) is 21.0. The maximum Gasteiger partial charge on any atom is 0.417 e. The molecule has 6 heteroatoms. The number of benzene rings is 3. The van der Waals surface area contributed by atoms with Gasteiger partial charge < -0.3 is 5.32 Å². The summed E-state index contributed by atoms with van der Waals surface area (Å²) >= 11 is 5.88. The molecule has 0 radical (unpaired) electrons. The fraction of sp³-hybridized carbons (Fsp3) is 0.0952. The molecular formula is C21H14ClF3N2. The Hall–Kier alpha value is -2.79. The molecule has 3 aromatic carbocycles. The van der Waals surface area contributed by atoms with Crippen LogP contribution in [0.3, 0.4) is 0 Å². The smallest absolute Gasteiger partial charge is 0.371 e. The van der Waals surface area contributed by atoms with Gasteiger partial charge in [-0.05, 0) is 23.3 Å². The van der Waals surface area contributed by atoms with Crippen LogP contribution in [0.4, 0.5) is 24.5 Å². The van der Waals surface area contributed by atoms with Crippen LogP contribution in [0.2, 0.25) is 5.02 Å². The van der Waals surface area contributed by atoms with Gasteiger partial charge in [-0.25, -0.2) is 4.99 Å². The van der Waals surface area contributed by atoms with E-state index in [9.17, 15) is 13.2 Å². The molecule has 0 aromatic heterocycles. The van der Waals surface area contributed by atoms with Crippen LogP contribution in [-0.4, -0.2) is 5.71 Å². The zero-order valence-corrected chi connectivity index (χ0v) is 14.7. The Kier molecular flexibility index (Phi) is 4.40. The van der Waals surface area contributed by atoms with Crippen LogP contribution in [-0.2, 0) is 6.18 Å². The quantitative estimate of drug-likeness (QED) is 0.524. The van der Waals surface area contributed by atoms with Gasteiger partial charge in [0, 0.05) is 0 Å². The molecular weight excluding hydrogens is 373 g/mol. The van der Waals surface area contributed by atoms with Crippen LogP contribution in [0.25, 0.3) is 0 Å². The van der Waals surface area contributed by atoms with Crippen molar-refractivity contribution < 1.29 is 13.2 Å². The van der Waals surface area contributed by atoms with Gasteiger partial charge in [0.25, 0.3) is 0 Å². The van der Waals surface area contributed by atoms with Gasteiger partial charge in [0.05, 0.1) is 33.7 Å². The van der Waals surface area contributed by atoms with E-state index in [-0.39, 0.29) is 11.1 Å². The SMILES string of the molecule is FC(F)(F)c1cc2c(cc1Cl)N=C(c1ccccc1)C(c1ccccc1)N2. The predicted octanol–water partition coefficient (Wildman–Crippen LogP) is 6.65. The molecule has 1 atom stereocenters. The highest BCUT2D eigenvalue weighted by molar-refractivity contribution is 6.32. The highest BCUT2D eigenvalue weighted by Crippen LogP contribution is 2.44. The monoisotopic (exact) mass is 386 g/mol. The summed E-state index contributed by atoms with van der Waals surface area (Å²) in [5.41, 5.74) is 2.35. The fourth-order valence-electron chi connectivity index (χ4n) is 3.13. The van der Waals surface area contributed by atoms with Gasteiger partial charge in [-0.15, -0.1) is 0 Å². The van der Waals surface area contributed by atoms with Gasteiger partial charge in [0.15, 0.2) is 0 Å². The molecule has 0 saturated carbocycles.